The number of nitrogens with zero attached hydrogens (tertiary/aromatic N) is 4. The standard InChI is InChI=1S/C18H26N6O2S/c25-27(26,24-11-3-1-2-4-12-24)22-15-8-13-23(14-15)18-20-10-7-17(21-18)16-6-5-9-19-16/h5-7,9-10,15,19,22H,1-4,8,11-14H2. The summed E-state index contributed by atoms with van der Waals surface area (Å²) < 4.78 is 29.9. The number of nitrogens with one attached hydrogen (secondary N) is 2. The van der Waals surface area contributed by atoms with Gasteiger partial charge in [-0.3, -0.25) is 0 Å². The van der Waals surface area contributed by atoms with Crippen molar-refractivity contribution in [2.75, 3.05) is 31.1 Å². The topological polar surface area (TPSA) is 94.2 Å². The zero-order valence-corrected chi connectivity index (χ0v) is 16.2. The van der Waals surface area contributed by atoms with Crippen molar-refractivity contribution in [3.63, 3.8) is 0 Å². The van der Waals surface area contributed by atoms with Crippen LogP contribution >= 0.6 is 0 Å². The lowest BCUT2D eigenvalue weighted by Crippen LogP contribution is -2.46. The van der Waals surface area contributed by atoms with Crippen LogP contribution in [-0.4, -0.2) is 59.9 Å². The molecule has 146 valence electrons. The summed E-state index contributed by atoms with van der Waals surface area (Å²) in [5.74, 6) is 0.638. The Bertz CT molecular complexity index is 846. The smallest absolute Gasteiger partial charge is 0.279 e. The van der Waals surface area contributed by atoms with Gasteiger partial charge in [-0.2, -0.15) is 17.4 Å². The Hall–Kier alpha value is -1.97. The van der Waals surface area contributed by atoms with Gasteiger partial charge in [0.05, 0.1) is 11.4 Å². The Morgan fingerprint density at radius 3 is 2.67 bits per heavy atom. The van der Waals surface area contributed by atoms with E-state index in [1.165, 1.54) is 0 Å². The number of H-pyrrole nitrogens is 1. The number of hydrogen-bond donors (Lipinski definition) is 2. The van der Waals surface area contributed by atoms with Gasteiger partial charge in [-0.25, -0.2) is 9.97 Å². The van der Waals surface area contributed by atoms with E-state index in [0.29, 0.717) is 25.6 Å². The molecule has 2 aromatic heterocycles. The number of aromatic nitrogens is 3. The molecule has 27 heavy (non-hydrogen) atoms. The first-order valence-electron chi connectivity index (χ1n) is 9.61. The minimum atomic E-state index is -3.43. The molecule has 0 aliphatic carbocycles. The maximum absolute atomic E-state index is 12.7. The largest absolute Gasteiger partial charge is 0.360 e. The maximum atomic E-state index is 12.7. The molecule has 9 heteroatoms. The van der Waals surface area contributed by atoms with Crippen LogP contribution in [0.2, 0.25) is 0 Å². The van der Waals surface area contributed by atoms with Gasteiger partial charge in [0.15, 0.2) is 0 Å². The van der Waals surface area contributed by atoms with Gasteiger partial charge in [0.1, 0.15) is 0 Å². The molecule has 2 N–H and O–H groups in total. The van der Waals surface area contributed by atoms with Gasteiger partial charge in [-0.15, -0.1) is 0 Å². The molecule has 0 amide bonds. The fourth-order valence-corrected chi connectivity index (χ4v) is 5.25. The summed E-state index contributed by atoms with van der Waals surface area (Å²) in [4.78, 5) is 14.2. The molecule has 4 heterocycles. The van der Waals surface area contributed by atoms with Crippen molar-refractivity contribution >= 4 is 16.2 Å². The summed E-state index contributed by atoms with van der Waals surface area (Å²) in [6, 6.07) is 5.65. The van der Waals surface area contributed by atoms with E-state index in [4.69, 9.17) is 0 Å². The van der Waals surface area contributed by atoms with Crippen molar-refractivity contribution in [1.82, 2.24) is 24.0 Å². The van der Waals surface area contributed by atoms with Gasteiger partial charge in [0, 0.05) is 44.6 Å². The van der Waals surface area contributed by atoms with Crippen LogP contribution in [0.3, 0.4) is 0 Å². The average Bonchev–Trinajstić information content (AvgIpc) is 3.28. The summed E-state index contributed by atoms with van der Waals surface area (Å²) in [5.41, 5.74) is 1.77. The zero-order valence-electron chi connectivity index (χ0n) is 15.3. The molecule has 1 unspecified atom stereocenters. The van der Waals surface area contributed by atoms with Crippen LogP contribution in [0.4, 0.5) is 5.95 Å². The molecule has 2 saturated heterocycles. The van der Waals surface area contributed by atoms with E-state index in [1.54, 1.807) is 10.5 Å². The molecule has 0 bridgehead atoms. The van der Waals surface area contributed by atoms with Crippen LogP contribution in [0.15, 0.2) is 30.6 Å². The molecular formula is C18H26N6O2S. The molecule has 2 aliphatic heterocycles. The van der Waals surface area contributed by atoms with Gasteiger partial charge in [-0.05, 0) is 37.5 Å². The Morgan fingerprint density at radius 2 is 1.93 bits per heavy atom. The Morgan fingerprint density at radius 1 is 1.11 bits per heavy atom. The summed E-state index contributed by atoms with van der Waals surface area (Å²) in [6.07, 6.45) is 8.46. The number of aromatic amines is 1. The molecule has 1 atom stereocenters. The van der Waals surface area contributed by atoms with Gasteiger partial charge in [-0.1, -0.05) is 12.8 Å². The quantitative estimate of drug-likeness (QED) is 0.811. The van der Waals surface area contributed by atoms with E-state index in [9.17, 15) is 8.42 Å². The maximum Gasteiger partial charge on any atom is 0.279 e. The highest BCUT2D eigenvalue weighted by molar-refractivity contribution is 7.87. The summed E-state index contributed by atoms with van der Waals surface area (Å²) in [5, 5.41) is 0. The lowest BCUT2D eigenvalue weighted by atomic mass is 10.2. The third-order valence-corrected chi connectivity index (χ3v) is 6.88. The molecule has 8 nitrogen and oxygen atoms in total. The van der Waals surface area contributed by atoms with Crippen molar-refractivity contribution in [3.05, 3.63) is 30.6 Å². The van der Waals surface area contributed by atoms with Gasteiger partial charge >= 0.3 is 0 Å². The van der Waals surface area contributed by atoms with Gasteiger partial charge in [0.25, 0.3) is 10.2 Å². The van der Waals surface area contributed by atoms with Crippen molar-refractivity contribution in [2.24, 2.45) is 0 Å². The average molecular weight is 391 g/mol. The van der Waals surface area contributed by atoms with Crippen molar-refractivity contribution in [1.29, 1.82) is 0 Å². The minimum absolute atomic E-state index is 0.115. The molecule has 0 spiro atoms. The van der Waals surface area contributed by atoms with Gasteiger partial charge in [0.2, 0.25) is 5.95 Å². The van der Waals surface area contributed by atoms with Gasteiger partial charge < -0.3 is 9.88 Å². The Balaban J connectivity index is 1.41. The molecule has 0 radical (unpaired) electrons. The fraction of sp³-hybridized carbons (Fsp3) is 0.556. The molecule has 2 aromatic rings. The van der Waals surface area contributed by atoms with E-state index in [2.05, 4.69) is 19.7 Å². The van der Waals surface area contributed by atoms with Crippen LogP contribution < -0.4 is 9.62 Å². The van der Waals surface area contributed by atoms with E-state index in [-0.39, 0.29) is 6.04 Å². The van der Waals surface area contributed by atoms with Crippen LogP contribution in [0.1, 0.15) is 32.1 Å². The number of anilines is 1. The fourth-order valence-electron chi connectivity index (χ4n) is 3.75. The second-order valence-electron chi connectivity index (χ2n) is 7.19. The summed E-state index contributed by atoms with van der Waals surface area (Å²) in [6.45, 7) is 2.56. The second kappa shape index (κ2) is 7.95. The Labute approximate surface area is 160 Å². The van der Waals surface area contributed by atoms with E-state index >= 15 is 0 Å². The lowest BCUT2D eigenvalue weighted by molar-refractivity contribution is 0.409. The van der Waals surface area contributed by atoms with Crippen LogP contribution in [0.5, 0.6) is 0 Å². The highest BCUT2D eigenvalue weighted by Crippen LogP contribution is 2.21. The first-order valence-corrected chi connectivity index (χ1v) is 11.0. The number of hydrogen-bond acceptors (Lipinski definition) is 5. The zero-order chi connectivity index (χ0) is 18.7. The lowest BCUT2D eigenvalue weighted by Gasteiger charge is -2.23. The minimum Gasteiger partial charge on any atom is -0.360 e. The molecule has 0 aromatic carbocycles. The SMILES string of the molecule is O=S(=O)(NC1CCN(c2nccc(-c3ccc[nH]3)n2)C1)N1CCCCCC1. The van der Waals surface area contributed by atoms with Crippen LogP contribution in [0.25, 0.3) is 11.4 Å². The highest BCUT2D eigenvalue weighted by atomic mass is 32.2. The molecule has 2 fully saturated rings. The third-order valence-electron chi connectivity index (χ3n) is 5.21. The predicted octanol–water partition coefficient (Wildman–Crippen LogP) is 1.76. The van der Waals surface area contributed by atoms with Crippen LogP contribution in [0, 0.1) is 0 Å². The monoisotopic (exact) mass is 390 g/mol. The molecule has 4 rings (SSSR count). The van der Waals surface area contributed by atoms with E-state index in [1.807, 2.05) is 29.3 Å². The third kappa shape index (κ3) is 4.31. The summed E-state index contributed by atoms with van der Waals surface area (Å²) >= 11 is 0. The van der Waals surface area contributed by atoms with Crippen molar-refractivity contribution in [3.8, 4) is 11.4 Å². The highest BCUT2D eigenvalue weighted by Gasteiger charge is 2.31. The molecule has 2 aliphatic rings. The molecular weight excluding hydrogens is 364 g/mol. The molecule has 0 saturated carbocycles. The van der Waals surface area contributed by atoms with Crippen molar-refractivity contribution < 1.29 is 8.42 Å². The van der Waals surface area contributed by atoms with Crippen LogP contribution in [-0.2, 0) is 10.2 Å². The second-order valence-corrected chi connectivity index (χ2v) is 8.90. The number of rotatable bonds is 5. The summed E-state index contributed by atoms with van der Waals surface area (Å²) in [7, 11) is -3.43. The Kier molecular flexibility index (Phi) is 5.42. The predicted molar refractivity (Wildman–Crippen MR) is 105 cm³/mol. The van der Waals surface area contributed by atoms with E-state index in [0.717, 1.165) is 50.0 Å². The van der Waals surface area contributed by atoms with E-state index < -0.39 is 10.2 Å². The van der Waals surface area contributed by atoms with Crippen molar-refractivity contribution in [2.45, 2.75) is 38.1 Å². The normalized spacial score (nSPS) is 22.1. The first-order chi connectivity index (χ1) is 13.1. The first kappa shape index (κ1) is 18.4.